The zero-order valence-corrected chi connectivity index (χ0v) is 14.0. The molecule has 0 saturated heterocycles. The van der Waals surface area contributed by atoms with Crippen LogP contribution in [0, 0.1) is 0 Å². The highest BCUT2D eigenvalue weighted by atomic mass is 16.5. The van der Waals surface area contributed by atoms with Crippen molar-refractivity contribution in [3.8, 4) is 5.75 Å². The number of rotatable bonds is 4. The molecule has 8 heteroatoms. The van der Waals surface area contributed by atoms with Crippen molar-refractivity contribution in [3.63, 3.8) is 0 Å². The van der Waals surface area contributed by atoms with Gasteiger partial charge in [0.1, 0.15) is 17.1 Å². The summed E-state index contributed by atoms with van der Waals surface area (Å²) in [5.74, 6) is -0.734. The number of amides is 1. The minimum atomic E-state index is -0.604. The lowest BCUT2D eigenvalue weighted by Gasteiger charge is -2.10. The summed E-state index contributed by atoms with van der Waals surface area (Å²) in [6, 6.07) is 9.59. The van der Waals surface area contributed by atoms with Crippen molar-refractivity contribution in [2.24, 2.45) is 0 Å². The van der Waals surface area contributed by atoms with Crippen LogP contribution in [0.1, 0.15) is 20.7 Å². The smallest absolute Gasteiger partial charge is 0.343 e. The molecule has 8 nitrogen and oxygen atoms in total. The van der Waals surface area contributed by atoms with Crippen LogP contribution in [0.3, 0.4) is 0 Å². The molecule has 0 saturated carbocycles. The highest BCUT2D eigenvalue weighted by Gasteiger charge is 2.17. The monoisotopic (exact) mass is 353 g/mol. The molecule has 2 aromatic heterocycles. The van der Waals surface area contributed by atoms with Crippen LogP contribution in [0.25, 0.3) is 10.9 Å². The van der Waals surface area contributed by atoms with Crippen molar-refractivity contribution in [1.82, 2.24) is 9.97 Å². The van der Waals surface area contributed by atoms with Gasteiger partial charge in [0.05, 0.1) is 19.8 Å². The second-order valence-corrected chi connectivity index (χ2v) is 5.31. The predicted molar refractivity (Wildman–Crippen MR) is 94.7 cm³/mol. The Morgan fingerprint density at radius 3 is 2.62 bits per heavy atom. The average molecular weight is 353 g/mol. The van der Waals surface area contributed by atoms with Gasteiger partial charge in [-0.2, -0.15) is 0 Å². The van der Waals surface area contributed by atoms with E-state index in [0.717, 1.165) is 0 Å². The molecule has 0 spiro atoms. The van der Waals surface area contributed by atoms with E-state index < -0.39 is 11.9 Å². The minimum absolute atomic E-state index is 0.134. The summed E-state index contributed by atoms with van der Waals surface area (Å²) in [4.78, 5) is 42.8. The van der Waals surface area contributed by atoms with Gasteiger partial charge in [-0.05, 0) is 6.07 Å². The lowest BCUT2D eigenvalue weighted by atomic mass is 10.1. The van der Waals surface area contributed by atoms with Crippen LogP contribution in [0.5, 0.6) is 5.75 Å². The maximum Gasteiger partial charge on any atom is 0.343 e. The van der Waals surface area contributed by atoms with Gasteiger partial charge >= 0.3 is 5.97 Å². The number of benzene rings is 1. The number of carbonyl (C=O) groups is 2. The van der Waals surface area contributed by atoms with Gasteiger partial charge in [0, 0.05) is 29.2 Å². The normalized spacial score (nSPS) is 10.4. The molecule has 0 aliphatic carbocycles. The van der Waals surface area contributed by atoms with E-state index in [1.807, 2.05) is 0 Å². The largest absolute Gasteiger partial charge is 0.496 e. The number of ether oxygens (including phenoxy) is 2. The van der Waals surface area contributed by atoms with Gasteiger partial charge < -0.3 is 19.8 Å². The van der Waals surface area contributed by atoms with Crippen LogP contribution < -0.4 is 15.6 Å². The number of carbonyl (C=O) groups excluding carboxylic acids is 2. The number of nitrogens with zero attached hydrogens (tertiary/aromatic N) is 1. The van der Waals surface area contributed by atoms with Crippen molar-refractivity contribution in [2.75, 3.05) is 19.5 Å². The molecule has 3 rings (SSSR count). The van der Waals surface area contributed by atoms with Gasteiger partial charge in [-0.3, -0.25) is 9.59 Å². The molecule has 1 amide bonds. The first-order valence-electron chi connectivity index (χ1n) is 7.59. The number of para-hydroxylation sites is 1. The molecular weight excluding hydrogens is 338 g/mol. The number of aromatic amines is 1. The molecule has 3 aromatic rings. The van der Waals surface area contributed by atoms with Crippen LogP contribution in [-0.4, -0.2) is 36.1 Å². The van der Waals surface area contributed by atoms with E-state index in [-0.39, 0.29) is 28.3 Å². The zero-order valence-electron chi connectivity index (χ0n) is 14.0. The topological polar surface area (TPSA) is 110 Å². The lowest BCUT2D eigenvalue weighted by Crippen LogP contribution is -2.18. The maximum atomic E-state index is 12.6. The van der Waals surface area contributed by atoms with Gasteiger partial charge in [-0.1, -0.05) is 18.2 Å². The molecule has 132 valence electrons. The third-order valence-corrected chi connectivity index (χ3v) is 3.73. The van der Waals surface area contributed by atoms with Gasteiger partial charge in [0.2, 0.25) is 5.56 Å². The second-order valence-electron chi connectivity index (χ2n) is 5.31. The molecule has 0 atom stereocenters. The number of esters is 1. The Morgan fingerprint density at radius 1 is 1.12 bits per heavy atom. The molecule has 2 heterocycles. The standard InChI is InChI=1S/C18H15N3O5/c1-25-14-8-15(19-9-12(14)18(24)26-2)21-17(23)11-7-16(22)20-13-6-4-3-5-10(11)13/h3-9H,1-2H3,(H,20,22)(H,19,21,23). The number of pyridine rings is 2. The van der Waals surface area contributed by atoms with E-state index in [4.69, 9.17) is 4.74 Å². The summed E-state index contributed by atoms with van der Waals surface area (Å²) in [5, 5.41) is 3.20. The Morgan fingerprint density at radius 2 is 1.88 bits per heavy atom. The summed E-state index contributed by atoms with van der Waals surface area (Å²) in [6.07, 6.45) is 1.25. The first kappa shape index (κ1) is 17.2. The Bertz CT molecular complexity index is 1060. The molecule has 2 N–H and O–H groups in total. The predicted octanol–water partition coefficient (Wildman–Crippen LogP) is 1.97. The van der Waals surface area contributed by atoms with E-state index in [1.165, 1.54) is 32.5 Å². The number of aromatic nitrogens is 2. The number of hydrogen-bond acceptors (Lipinski definition) is 6. The van der Waals surface area contributed by atoms with E-state index >= 15 is 0 Å². The minimum Gasteiger partial charge on any atom is -0.496 e. The number of H-pyrrole nitrogens is 1. The van der Waals surface area contributed by atoms with Crippen molar-refractivity contribution in [3.05, 3.63) is 64.1 Å². The fourth-order valence-electron chi connectivity index (χ4n) is 2.51. The number of nitrogens with one attached hydrogen (secondary N) is 2. The summed E-state index contributed by atoms with van der Waals surface area (Å²) < 4.78 is 9.78. The highest BCUT2D eigenvalue weighted by molar-refractivity contribution is 6.12. The zero-order chi connectivity index (χ0) is 18.7. The van der Waals surface area contributed by atoms with E-state index in [1.54, 1.807) is 24.3 Å². The second kappa shape index (κ2) is 7.06. The van der Waals surface area contributed by atoms with Crippen molar-refractivity contribution in [2.45, 2.75) is 0 Å². The van der Waals surface area contributed by atoms with Gasteiger partial charge in [0.25, 0.3) is 5.91 Å². The number of fused-ring (bicyclic) bond motifs is 1. The number of hydrogen-bond donors (Lipinski definition) is 2. The summed E-state index contributed by atoms with van der Waals surface area (Å²) in [5.41, 5.74) is 0.508. The van der Waals surface area contributed by atoms with Gasteiger partial charge in [-0.15, -0.1) is 0 Å². The molecular formula is C18H15N3O5. The van der Waals surface area contributed by atoms with Crippen molar-refractivity contribution < 1.29 is 19.1 Å². The molecule has 26 heavy (non-hydrogen) atoms. The Kier molecular flexibility index (Phi) is 4.66. The van der Waals surface area contributed by atoms with Gasteiger partial charge in [-0.25, -0.2) is 9.78 Å². The first-order valence-corrected chi connectivity index (χ1v) is 7.59. The lowest BCUT2D eigenvalue weighted by molar-refractivity contribution is 0.0596. The maximum absolute atomic E-state index is 12.6. The average Bonchev–Trinajstić information content (AvgIpc) is 2.66. The van der Waals surface area contributed by atoms with E-state index in [2.05, 4.69) is 20.0 Å². The first-order chi connectivity index (χ1) is 12.5. The van der Waals surface area contributed by atoms with Gasteiger partial charge in [0.15, 0.2) is 0 Å². The molecule has 0 radical (unpaired) electrons. The van der Waals surface area contributed by atoms with Crippen LogP contribution in [0.2, 0.25) is 0 Å². The fourth-order valence-corrected chi connectivity index (χ4v) is 2.51. The van der Waals surface area contributed by atoms with Crippen LogP contribution >= 0.6 is 0 Å². The summed E-state index contributed by atoms with van der Waals surface area (Å²) in [7, 11) is 2.63. The van der Waals surface area contributed by atoms with Crippen LogP contribution in [-0.2, 0) is 4.74 Å². The van der Waals surface area contributed by atoms with Crippen molar-refractivity contribution in [1.29, 1.82) is 0 Å². The van der Waals surface area contributed by atoms with Crippen molar-refractivity contribution >= 4 is 28.6 Å². The molecule has 0 aliphatic rings. The fraction of sp³-hybridized carbons (Fsp3) is 0.111. The molecule has 0 bridgehead atoms. The molecule has 0 aliphatic heterocycles. The van der Waals surface area contributed by atoms with Crippen LogP contribution in [0.15, 0.2) is 47.4 Å². The number of anilines is 1. The molecule has 0 unspecified atom stereocenters. The SMILES string of the molecule is COC(=O)c1cnc(NC(=O)c2cc(=O)[nH]c3ccccc23)cc1OC. The Hall–Kier alpha value is -3.68. The third-order valence-electron chi connectivity index (χ3n) is 3.73. The number of methoxy groups -OCH3 is 2. The Labute approximate surface area is 147 Å². The molecule has 0 fully saturated rings. The third kappa shape index (κ3) is 3.25. The van der Waals surface area contributed by atoms with E-state index in [9.17, 15) is 14.4 Å². The summed E-state index contributed by atoms with van der Waals surface area (Å²) >= 11 is 0. The highest BCUT2D eigenvalue weighted by Crippen LogP contribution is 2.22. The Balaban J connectivity index is 1.96. The quantitative estimate of drug-likeness (QED) is 0.694. The molecule has 1 aromatic carbocycles. The van der Waals surface area contributed by atoms with Crippen LogP contribution in [0.4, 0.5) is 5.82 Å². The van der Waals surface area contributed by atoms with E-state index in [0.29, 0.717) is 10.9 Å². The summed E-state index contributed by atoms with van der Waals surface area (Å²) in [6.45, 7) is 0.